The zero-order chi connectivity index (χ0) is 19.2. The van der Waals surface area contributed by atoms with Crippen LogP contribution in [0.15, 0.2) is 53.3 Å². The van der Waals surface area contributed by atoms with Gasteiger partial charge in [0.15, 0.2) is 5.43 Å². The first-order valence-corrected chi connectivity index (χ1v) is 9.18. The monoisotopic (exact) mass is 364 g/mol. The molecule has 3 rings (SSSR count). The Morgan fingerprint density at radius 1 is 1.11 bits per heavy atom. The summed E-state index contributed by atoms with van der Waals surface area (Å²) in [6.45, 7) is 5.72. The number of rotatable bonds is 7. The Labute approximate surface area is 158 Å². The fraction of sp³-hybridized carbons (Fsp3) is 0.273. The molecule has 1 aromatic heterocycles. The lowest BCUT2D eigenvalue weighted by Crippen LogP contribution is -2.25. The van der Waals surface area contributed by atoms with Crippen LogP contribution in [-0.2, 0) is 4.74 Å². The van der Waals surface area contributed by atoms with Gasteiger partial charge >= 0.3 is 0 Å². The molecule has 0 aliphatic heterocycles. The van der Waals surface area contributed by atoms with Gasteiger partial charge in [-0.25, -0.2) is 0 Å². The molecule has 0 bridgehead atoms. The number of ether oxygens (including phenoxy) is 1. The van der Waals surface area contributed by atoms with E-state index in [-0.39, 0.29) is 11.3 Å². The van der Waals surface area contributed by atoms with Gasteiger partial charge in [-0.1, -0.05) is 18.2 Å². The molecule has 1 amide bonds. The smallest absolute Gasteiger partial charge is 0.251 e. The number of H-pyrrole nitrogens is 1. The molecular weight excluding hydrogens is 340 g/mol. The average molecular weight is 364 g/mol. The summed E-state index contributed by atoms with van der Waals surface area (Å²) in [5.74, 6) is -0.109. The largest absolute Gasteiger partial charge is 0.382 e. The highest BCUT2D eigenvalue weighted by Crippen LogP contribution is 2.23. The number of aryl methyl sites for hydroxylation is 1. The predicted octanol–water partition coefficient (Wildman–Crippen LogP) is 3.66. The number of hydrogen-bond acceptors (Lipinski definition) is 3. The Morgan fingerprint density at radius 3 is 2.74 bits per heavy atom. The molecule has 2 aromatic carbocycles. The number of aromatic amines is 1. The fourth-order valence-electron chi connectivity index (χ4n) is 3.02. The van der Waals surface area contributed by atoms with Crippen LogP contribution in [0.5, 0.6) is 0 Å². The summed E-state index contributed by atoms with van der Waals surface area (Å²) in [6, 6.07) is 14.8. The molecule has 0 atom stereocenters. The van der Waals surface area contributed by atoms with Crippen molar-refractivity contribution in [1.29, 1.82) is 0 Å². The number of nitrogens with one attached hydrogen (secondary N) is 2. The molecule has 2 N–H and O–H groups in total. The minimum absolute atomic E-state index is 0.00806. The molecule has 3 aromatic rings. The van der Waals surface area contributed by atoms with Crippen molar-refractivity contribution in [2.45, 2.75) is 20.3 Å². The fourth-order valence-corrected chi connectivity index (χ4v) is 3.02. The van der Waals surface area contributed by atoms with Crippen molar-refractivity contribution in [2.75, 3.05) is 19.8 Å². The number of fused-ring (bicyclic) bond motifs is 1. The maximum atomic E-state index is 12.4. The maximum Gasteiger partial charge on any atom is 0.251 e. The van der Waals surface area contributed by atoms with E-state index in [1.807, 2.05) is 50.2 Å². The van der Waals surface area contributed by atoms with E-state index in [1.165, 1.54) is 0 Å². The molecule has 5 nitrogen and oxygen atoms in total. The summed E-state index contributed by atoms with van der Waals surface area (Å²) in [6.07, 6.45) is 0.784. The van der Waals surface area contributed by atoms with E-state index in [1.54, 1.807) is 12.1 Å². The SMILES string of the molecule is CCOCCCNC(=O)c1cccc(-c2ccc3[nH]c(C)cc(=O)c3c2)c1. The normalized spacial score (nSPS) is 10.9. The van der Waals surface area contributed by atoms with Crippen molar-refractivity contribution in [3.05, 3.63) is 70.0 Å². The average Bonchev–Trinajstić information content (AvgIpc) is 2.67. The lowest BCUT2D eigenvalue weighted by molar-refractivity contribution is 0.0944. The van der Waals surface area contributed by atoms with Gasteiger partial charge in [-0.15, -0.1) is 0 Å². The number of carbonyl (C=O) groups excluding carboxylic acids is 1. The second kappa shape index (κ2) is 8.64. The number of amides is 1. The summed E-state index contributed by atoms with van der Waals surface area (Å²) >= 11 is 0. The van der Waals surface area contributed by atoms with Crippen molar-refractivity contribution in [3.8, 4) is 11.1 Å². The summed E-state index contributed by atoms with van der Waals surface area (Å²) in [5.41, 5.74) is 4.05. The van der Waals surface area contributed by atoms with E-state index < -0.39 is 0 Å². The van der Waals surface area contributed by atoms with E-state index in [9.17, 15) is 9.59 Å². The summed E-state index contributed by atoms with van der Waals surface area (Å²) in [4.78, 5) is 27.8. The van der Waals surface area contributed by atoms with Crippen molar-refractivity contribution in [2.24, 2.45) is 0 Å². The van der Waals surface area contributed by atoms with Gasteiger partial charge in [-0.3, -0.25) is 9.59 Å². The van der Waals surface area contributed by atoms with E-state index in [0.717, 1.165) is 28.8 Å². The first-order chi connectivity index (χ1) is 13.1. The number of carbonyl (C=O) groups is 1. The third-order valence-corrected chi connectivity index (χ3v) is 4.38. The van der Waals surface area contributed by atoms with Gasteiger partial charge in [0.25, 0.3) is 5.91 Å². The molecular formula is C22H24N2O3. The van der Waals surface area contributed by atoms with E-state index in [4.69, 9.17) is 4.74 Å². The van der Waals surface area contributed by atoms with Gasteiger partial charge in [-0.05, 0) is 55.7 Å². The molecule has 0 aliphatic rings. The van der Waals surface area contributed by atoms with Crippen LogP contribution in [-0.4, -0.2) is 30.6 Å². The van der Waals surface area contributed by atoms with E-state index >= 15 is 0 Å². The number of hydrogen-bond donors (Lipinski definition) is 2. The van der Waals surface area contributed by atoms with Crippen molar-refractivity contribution < 1.29 is 9.53 Å². The van der Waals surface area contributed by atoms with Gasteiger partial charge < -0.3 is 15.0 Å². The van der Waals surface area contributed by atoms with Crippen LogP contribution >= 0.6 is 0 Å². The van der Waals surface area contributed by atoms with Crippen LogP contribution < -0.4 is 10.7 Å². The zero-order valence-corrected chi connectivity index (χ0v) is 15.7. The van der Waals surface area contributed by atoms with E-state index in [2.05, 4.69) is 10.3 Å². The number of benzene rings is 2. The Morgan fingerprint density at radius 2 is 1.93 bits per heavy atom. The van der Waals surface area contributed by atoms with Gasteiger partial charge in [0.1, 0.15) is 0 Å². The molecule has 27 heavy (non-hydrogen) atoms. The molecule has 0 fully saturated rings. The Kier molecular flexibility index (Phi) is 6.04. The summed E-state index contributed by atoms with van der Waals surface area (Å²) < 4.78 is 5.27. The minimum Gasteiger partial charge on any atom is -0.382 e. The Bertz CT molecular complexity index is 1010. The molecule has 0 radical (unpaired) electrons. The highest BCUT2D eigenvalue weighted by molar-refractivity contribution is 5.95. The second-order valence-corrected chi connectivity index (χ2v) is 6.46. The van der Waals surface area contributed by atoms with Crippen LogP contribution in [0.2, 0.25) is 0 Å². The molecule has 0 saturated carbocycles. The first-order valence-electron chi connectivity index (χ1n) is 9.18. The lowest BCUT2D eigenvalue weighted by atomic mass is 10.0. The topological polar surface area (TPSA) is 71.2 Å². The zero-order valence-electron chi connectivity index (χ0n) is 15.7. The van der Waals surface area contributed by atoms with E-state index in [0.29, 0.717) is 30.7 Å². The molecule has 140 valence electrons. The van der Waals surface area contributed by atoms with Crippen LogP contribution in [0.25, 0.3) is 22.0 Å². The molecule has 0 saturated heterocycles. The lowest BCUT2D eigenvalue weighted by Gasteiger charge is -2.08. The predicted molar refractivity (Wildman–Crippen MR) is 108 cm³/mol. The molecule has 0 aliphatic carbocycles. The number of aromatic nitrogens is 1. The highest BCUT2D eigenvalue weighted by atomic mass is 16.5. The van der Waals surface area contributed by atoms with Crippen LogP contribution in [0.4, 0.5) is 0 Å². The molecule has 1 heterocycles. The summed E-state index contributed by atoms with van der Waals surface area (Å²) in [5, 5.41) is 3.55. The second-order valence-electron chi connectivity index (χ2n) is 6.46. The highest BCUT2D eigenvalue weighted by Gasteiger charge is 2.08. The molecule has 0 spiro atoms. The van der Waals surface area contributed by atoms with Crippen LogP contribution in [0, 0.1) is 6.92 Å². The van der Waals surface area contributed by atoms with Crippen LogP contribution in [0.3, 0.4) is 0 Å². The third kappa shape index (κ3) is 4.63. The quantitative estimate of drug-likeness (QED) is 0.629. The molecule has 5 heteroatoms. The number of pyridine rings is 1. The third-order valence-electron chi connectivity index (χ3n) is 4.38. The Balaban J connectivity index is 1.80. The van der Waals surface area contributed by atoms with Gasteiger partial charge in [-0.2, -0.15) is 0 Å². The van der Waals surface area contributed by atoms with Crippen LogP contribution in [0.1, 0.15) is 29.4 Å². The first kappa shape index (κ1) is 18.9. The van der Waals surface area contributed by atoms with Crippen molar-refractivity contribution in [1.82, 2.24) is 10.3 Å². The van der Waals surface area contributed by atoms with Crippen molar-refractivity contribution in [3.63, 3.8) is 0 Å². The standard InChI is InChI=1S/C22H24N2O3/c1-3-27-11-5-10-23-22(26)18-7-4-6-16(13-18)17-8-9-20-19(14-17)21(25)12-15(2)24-20/h4,6-9,12-14H,3,5,10-11H2,1-2H3,(H,23,26)(H,24,25). The minimum atomic E-state index is -0.109. The Hall–Kier alpha value is -2.92. The van der Waals surface area contributed by atoms with Gasteiger partial charge in [0, 0.05) is 48.0 Å². The van der Waals surface area contributed by atoms with Gasteiger partial charge in [0.05, 0.1) is 0 Å². The van der Waals surface area contributed by atoms with Crippen molar-refractivity contribution >= 4 is 16.8 Å². The molecule has 0 unspecified atom stereocenters. The summed E-state index contributed by atoms with van der Waals surface area (Å²) in [7, 11) is 0. The van der Waals surface area contributed by atoms with Gasteiger partial charge in [0.2, 0.25) is 0 Å². The maximum absolute atomic E-state index is 12.4.